The molecule has 140 valence electrons. The first-order chi connectivity index (χ1) is 12.4. The number of nitrogens with zero attached hydrogens (tertiary/aromatic N) is 2. The van der Waals surface area contributed by atoms with Gasteiger partial charge >= 0.3 is 6.18 Å². The number of halogens is 3. The maximum atomic E-state index is 12.3. The number of rotatable bonds is 7. The van der Waals surface area contributed by atoms with Crippen molar-refractivity contribution in [3.63, 3.8) is 0 Å². The third-order valence-electron chi connectivity index (χ3n) is 3.22. The molecule has 3 N–H and O–H groups in total. The number of nitrogens with one attached hydrogen (secondary N) is 1. The molecule has 0 unspecified atom stereocenters. The zero-order valence-corrected chi connectivity index (χ0v) is 14.1. The van der Waals surface area contributed by atoms with Crippen molar-refractivity contribution in [1.29, 1.82) is 0 Å². The van der Waals surface area contributed by atoms with E-state index >= 15 is 0 Å². The summed E-state index contributed by atoms with van der Waals surface area (Å²) in [5, 5.41) is 2.95. The molecule has 6 nitrogen and oxygen atoms in total. The van der Waals surface area contributed by atoms with Crippen molar-refractivity contribution in [2.75, 3.05) is 19.0 Å². The van der Waals surface area contributed by atoms with Gasteiger partial charge in [-0.15, -0.1) is 0 Å². The molecular formula is C17H19F3N4O2. The Morgan fingerprint density at radius 1 is 1.19 bits per heavy atom. The molecule has 1 heterocycles. The van der Waals surface area contributed by atoms with E-state index < -0.39 is 12.8 Å². The van der Waals surface area contributed by atoms with E-state index in [4.69, 9.17) is 15.2 Å². The number of guanidine groups is 1. The maximum absolute atomic E-state index is 12.3. The van der Waals surface area contributed by atoms with E-state index in [-0.39, 0.29) is 18.4 Å². The number of ether oxygens (including phenoxy) is 2. The number of methoxy groups -OCH3 is 1. The summed E-state index contributed by atoms with van der Waals surface area (Å²) in [7, 11) is 1.58. The van der Waals surface area contributed by atoms with Crippen molar-refractivity contribution >= 4 is 11.6 Å². The molecule has 0 atom stereocenters. The molecule has 2 aromatic rings. The molecular weight excluding hydrogens is 349 g/mol. The molecule has 9 heteroatoms. The van der Waals surface area contributed by atoms with Crippen LogP contribution in [0, 0.1) is 0 Å². The highest BCUT2D eigenvalue weighted by Gasteiger charge is 2.29. The van der Waals surface area contributed by atoms with Gasteiger partial charge in [-0.1, -0.05) is 24.3 Å². The van der Waals surface area contributed by atoms with Gasteiger partial charge in [-0.3, -0.25) is 0 Å². The van der Waals surface area contributed by atoms with Gasteiger partial charge in [0.05, 0.1) is 13.2 Å². The number of pyridine rings is 1. The second kappa shape index (κ2) is 9.04. The van der Waals surface area contributed by atoms with Crippen LogP contribution in [0.3, 0.4) is 0 Å². The number of hydrogen-bond acceptors (Lipinski definition) is 4. The van der Waals surface area contributed by atoms with Crippen LogP contribution in [-0.4, -0.2) is 30.8 Å². The van der Waals surface area contributed by atoms with Crippen LogP contribution >= 0.6 is 0 Å². The first-order valence-corrected chi connectivity index (χ1v) is 7.66. The molecule has 0 saturated heterocycles. The Labute approximate surface area is 148 Å². The largest absolute Gasteiger partial charge is 0.468 e. The lowest BCUT2D eigenvalue weighted by Gasteiger charge is -2.12. The summed E-state index contributed by atoms with van der Waals surface area (Å²) >= 11 is 0. The summed E-state index contributed by atoms with van der Waals surface area (Å²) in [6.45, 7) is -1.00. The van der Waals surface area contributed by atoms with E-state index in [1.807, 2.05) is 24.3 Å². The van der Waals surface area contributed by atoms with Crippen LogP contribution < -0.4 is 15.8 Å². The maximum Gasteiger partial charge on any atom is 0.422 e. The number of hydrogen-bond donors (Lipinski definition) is 2. The Morgan fingerprint density at radius 3 is 2.65 bits per heavy atom. The van der Waals surface area contributed by atoms with Crippen molar-refractivity contribution in [3.8, 4) is 5.88 Å². The van der Waals surface area contributed by atoms with Crippen molar-refractivity contribution < 1.29 is 22.6 Å². The van der Waals surface area contributed by atoms with Crippen molar-refractivity contribution in [2.45, 2.75) is 19.3 Å². The standard InChI is InChI=1S/C17H19F3N4O2/c1-25-10-13-5-2-3-7-14(13)24-16(21)23-9-12-6-4-8-22-15(12)26-11-17(18,19)20/h2-8H,9-11H2,1H3,(H3,21,23,24). The van der Waals surface area contributed by atoms with E-state index in [2.05, 4.69) is 15.3 Å². The van der Waals surface area contributed by atoms with E-state index in [1.54, 1.807) is 19.2 Å². The molecule has 0 spiro atoms. The molecule has 0 saturated carbocycles. The van der Waals surface area contributed by atoms with Crippen molar-refractivity contribution in [2.24, 2.45) is 10.7 Å². The minimum Gasteiger partial charge on any atom is -0.468 e. The normalized spacial score (nSPS) is 12.1. The van der Waals surface area contributed by atoms with Gasteiger partial charge in [-0.05, 0) is 12.1 Å². The summed E-state index contributed by atoms with van der Waals surface area (Å²) in [5.74, 6) is -0.0136. The first-order valence-electron chi connectivity index (χ1n) is 7.66. The van der Waals surface area contributed by atoms with Crippen molar-refractivity contribution in [1.82, 2.24) is 4.98 Å². The van der Waals surface area contributed by atoms with E-state index in [1.165, 1.54) is 6.20 Å². The zero-order valence-electron chi connectivity index (χ0n) is 14.1. The molecule has 26 heavy (non-hydrogen) atoms. The monoisotopic (exact) mass is 368 g/mol. The molecule has 1 aromatic heterocycles. The smallest absolute Gasteiger partial charge is 0.422 e. The minimum atomic E-state index is -4.44. The lowest BCUT2D eigenvalue weighted by Crippen LogP contribution is -2.23. The van der Waals surface area contributed by atoms with Gasteiger partial charge in [0.1, 0.15) is 0 Å². The number of anilines is 1. The second-order valence-corrected chi connectivity index (χ2v) is 5.29. The fraction of sp³-hybridized carbons (Fsp3) is 0.294. The minimum absolute atomic E-state index is 0.0201. The van der Waals surface area contributed by atoms with Gasteiger partial charge in [-0.25, -0.2) is 9.98 Å². The van der Waals surface area contributed by atoms with Crippen LogP contribution in [0.15, 0.2) is 47.6 Å². The van der Waals surface area contributed by atoms with Crippen molar-refractivity contribution in [3.05, 3.63) is 53.7 Å². The predicted octanol–water partition coefficient (Wildman–Crippen LogP) is 3.10. The van der Waals surface area contributed by atoms with Gasteiger partial charge in [0.25, 0.3) is 0 Å². The molecule has 1 aromatic carbocycles. The van der Waals surface area contributed by atoms with Gasteiger partial charge in [0.15, 0.2) is 12.6 Å². The van der Waals surface area contributed by atoms with Gasteiger partial charge in [0.2, 0.25) is 5.88 Å². The highest BCUT2D eigenvalue weighted by molar-refractivity contribution is 5.92. The Bertz CT molecular complexity index is 751. The summed E-state index contributed by atoms with van der Waals surface area (Å²) in [6, 6.07) is 10.6. The summed E-state index contributed by atoms with van der Waals surface area (Å²) in [5.41, 5.74) is 7.89. The fourth-order valence-electron chi connectivity index (χ4n) is 2.10. The Kier molecular flexibility index (Phi) is 6.79. The highest BCUT2D eigenvalue weighted by atomic mass is 19.4. The quantitative estimate of drug-likeness (QED) is 0.580. The lowest BCUT2D eigenvalue weighted by molar-refractivity contribution is -0.154. The summed E-state index contributed by atoms with van der Waals surface area (Å²) < 4.78 is 46.8. The Hall–Kier alpha value is -2.81. The van der Waals surface area contributed by atoms with E-state index in [0.29, 0.717) is 12.2 Å². The highest BCUT2D eigenvalue weighted by Crippen LogP contribution is 2.21. The van der Waals surface area contributed by atoms with Crippen LogP contribution in [0.2, 0.25) is 0 Å². The first kappa shape index (κ1) is 19.5. The van der Waals surface area contributed by atoms with Crippen LogP contribution in [0.1, 0.15) is 11.1 Å². The fourth-order valence-corrected chi connectivity index (χ4v) is 2.10. The van der Waals surface area contributed by atoms with Crippen LogP contribution in [0.5, 0.6) is 5.88 Å². The summed E-state index contributed by atoms with van der Waals surface area (Å²) in [4.78, 5) is 7.95. The number of nitrogens with two attached hydrogens (primary N) is 1. The van der Waals surface area contributed by atoms with E-state index in [9.17, 15) is 13.2 Å². The Morgan fingerprint density at radius 2 is 1.92 bits per heavy atom. The van der Waals surface area contributed by atoms with Gasteiger partial charge in [-0.2, -0.15) is 13.2 Å². The lowest BCUT2D eigenvalue weighted by atomic mass is 10.2. The SMILES string of the molecule is COCc1ccccc1NC(N)=NCc1cccnc1OCC(F)(F)F. The van der Waals surface area contributed by atoms with Crippen LogP contribution in [0.25, 0.3) is 0 Å². The molecule has 0 aliphatic carbocycles. The van der Waals surface area contributed by atoms with E-state index in [0.717, 1.165) is 11.3 Å². The second-order valence-electron chi connectivity index (χ2n) is 5.29. The third kappa shape index (κ3) is 6.25. The predicted molar refractivity (Wildman–Crippen MR) is 91.9 cm³/mol. The third-order valence-corrected chi connectivity index (χ3v) is 3.22. The summed E-state index contributed by atoms with van der Waals surface area (Å²) in [6.07, 6.45) is -3.09. The van der Waals surface area contributed by atoms with Gasteiger partial charge in [0, 0.05) is 30.1 Å². The number of aliphatic imine (C=N–C) groups is 1. The molecule has 0 bridgehead atoms. The number of aromatic nitrogens is 1. The molecule has 0 aliphatic heterocycles. The molecule has 0 aliphatic rings. The van der Waals surface area contributed by atoms with Crippen LogP contribution in [-0.2, 0) is 17.9 Å². The van der Waals surface area contributed by atoms with Crippen LogP contribution in [0.4, 0.5) is 18.9 Å². The molecule has 0 radical (unpaired) electrons. The molecule has 0 amide bonds. The molecule has 2 rings (SSSR count). The number of para-hydroxylation sites is 1. The average Bonchev–Trinajstić information content (AvgIpc) is 2.60. The average molecular weight is 368 g/mol. The number of alkyl halides is 3. The Balaban J connectivity index is 2.05. The topological polar surface area (TPSA) is 81.8 Å². The number of benzene rings is 1. The molecule has 0 fully saturated rings. The van der Waals surface area contributed by atoms with Gasteiger partial charge < -0.3 is 20.5 Å². The zero-order chi connectivity index (χ0) is 19.0.